The average Bonchev–Trinajstić information content (AvgIpc) is 3.37. The van der Waals surface area contributed by atoms with Gasteiger partial charge in [-0.2, -0.15) is 5.10 Å². The molecule has 2 aromatic carbocycles. The molecule has 32 heavy (non-hydrogen) atoms. The van der Waals surface area contributed by atoms with Crippen LogP contribution in [-0.2, 0) is 11.3 Å². The van der Waals surface area contributed by atoms with Gasteiger partial charge in [-0.1, -0.05) is 15.9 Å². The van der Waals surface area contributed by atoms with Gasteiger partial charge in [0.2, 0.25) is 0 Å². The molecule has 0 atom stereocenters. The average molecular weight is 577 g/mol. The van der Waals surface area contributed by atoms with Crippen LogP contribution in [-0.4, -0.2) is 32.4 Å². The summed E-state index contributed by atoms with van der Waals surface area (Å²) < 4.78 is 6.65. The topological polar surface area (TPSA) is 98.6 Å². The molecule has 162 valence electrons. The predicted molar refractivity (Wildman–Crippen MR) is 131 cm³/mol. The van der Waals surface area contributed by atoms with Crippen molar-refractivity contribution in [1.82, 2.24) is 4.90 Å². The Morgan fingerprint density at radius 2 is 1.91 bits per heavy atom. The molecule has 1 amide bonds. The van der Waals surface area contributed by atoms with Crippen LogP contribution in [0.15, 0.2) is 83.3 Å². The molecule has 0 radical (unpaired) electrons. The number of aromatic hydroxyl groups is 2. The molecule has 1 aliphatic heterocycles. The lowest BCUT2D eigenvalue weighted by Gasteiger charge is -2.12. The molecule has 2 N–H and O–H groups in total. The standard InChI is InChI=1S/C22H15Br2N3O4S/c23-15-8-14(20(29)18(24)10-15)9-19-21(30)27(12-17-2-1-7-31-17)22(32-19)26-25-11-13-3-5-16(28)6-4-13/h1-11,28-29H,12H2/b19-9-,25-11-,26-22+. The number of amides is 1. The van der Waals surface area contributed by atoms with E-state index < -0.39 is 0 Å². The molecule has 10 heteroatoms. The third-order valence-electron chi connectivity index (χ3n) is 4.37. The molecule has 1 saturated heterocycles. The summed E-state index contributed by atoms with van der Waals surface area (Å²) in [5.74, 6) is 0.513. The van der Waals surface area contributed by atoms with Crippen LogP contribution in [0.4, 0.5) is 0 Å². The number of benzene rings is 2. The molecule has 4 rings (SSSR count). The van der Waals surface area contributed by atoms with Crippen LogP contribution in [0.5, 0.6) is 11.5 Å². The Kier molecular flexibility index (Phi) is 6.83. The summed E-state index contributed by atoms with van der Waals surface area (Å²) in [5.41, 5.74) is 1.23. The summed E-state index contributed by atoms with van der Waals surface area (Å²) in [6.45, 7) is 0.192. The number of thioether (sulfide) groups is 1. The molecule has 0 saturated carbocycles. The van der Waals surface area contributed by atoms with E-state index >= 15 is 0 Å². The fourth-order valence-electron chi connectivity index (χ4n) is 2.82. The van der Waals surface area contributed by atoms with E-state index in [-0.39, 0.29) is 24.0 Å². The minimum absolute atomic E-state index is 0.0300. The summed E-state index contributed by atoms with van der Waals surface area (Å²) in [6.07, 6.45) is 4.68. The van der Waals surface area contributed by atoms with Gasteiger partial charge in [-0.3, -0.25) is 9.69 Å². The zero-order valence-corrected chi connectivity index (χ0v) is 20.3. The normalized spacial score (nSPS) is 16.7. The van der Waals surface area contributed by atoms with E-state index in [1.54, 1.807) is 54.6 Å². The Bertz CT molecular complexity index is 1240. The number of rotatable bonds is 5. The smallest absolute Gasteiger partial charge is 0.267 e. The van der Waals surface area contributed by atoms with Gasteiger partial charge >= 0.3 is 0 Å². The number of hydrogen-bond donors (Lipinski definition) is 2. The van der Waals surface area contributed by atoms with Gasteiger partial charge in [0.05, 0.1) is 28.4 Å². The van der Waals surface area contributed by atoms with Crippen molar-refractivity contribution in [3.8, 4) is 11.5 Å². The number of carbonyl (C=O) groups is 1. The largest absolute Gasteiger partial charge is 0.508 e. The first-order chi connectivity index (χ1) is 15.4. The van der Waals surface area contributed by atoms with E-state index in [0.29, 0.717) is 25.9 Å². The van der Waals surface area contributed by atoms with Gasteiger partial charge in [-0.05, 0) is 87.9 Å². The maximum atomic E-state index is 13.1. The van der Waals surface area contributed by atoms with E-state index in [1.807, 2.05) is 0 Å². The summed E-state index contributed by atoms with van der Waals surface area (Å²) >= 11 is 7.85. The summed E-state index contributed by atoms with van der Waals surface area (Å²) in [5, 5.41) is 28.5. The van der Waals surface area contributed by atoms with Gasteiger partial charge in [0.25, 0.3) is 5.91 Å². The van der Waals surface area contributed by atoms with Crippen LogP contribution in [0.3, 0.4) is 0 Å². The van der Waals surface area contributed by atoms with Crippen LogP contribution in [0.2, 0.25) is 0 Å². The van der Waals surface area contributed by atoms with Gasteiger partial charge in [0.15, 0.2) is 5.17 Å². The minimum atomic E-state index is -0.277. The summed E-state index contributed by atoms with van der Waals surface area (Å²) in [7, 11) is 0. The van der Waals surface area contributed by atoms with Gasteiger partial charge in [-0.25, -0.2) is 0 Å². The molecule has 0 aliphatic carbocycles. The predicted octanol–water partition coefficient (Wildman–Crippen LogP) is 5.72. The lowest BCUT2D eigenvalue weighted by molar-refractivity contribution is -0.122. The Balaban J connectivity index is 1.66. The monoisotopic (exact) mass is 575 g/mol. The Labute approximate surface area is 204 Å². The van der Waals surface area contributed by atoms with Crippen molar-refractivity contribution in [3.63, 3.8) is 0 Å². The van der Waals surface area contributed by atoms with Crippen LogP contribution in [0.1, 0.15) is 16.9 Å². The van der Waals surface area contributed by atoms with Crippen molar-refractivity contribution < 1.29 is 19.4 Å². The van der Waals surface area contributed by atoms with Crippen LogP contribution >= 0.6 is 43.6 Å². The molecule has 0 bridgehead atoms. The van der Waals surface area contributed by atoms with Gasteiger partial charge < -0.3 is 14.6 Å². The maximum absolute atomic E-state index is 13.1. The number of amidine groups is 1. The van der Waals surface area contributed by atoms with E-state index in [9.17, 15) is 15.0 Å². The second-order valence-electron chi connectivity index (χ2n) is 6.63. The minimum Gasteiger partial charge on any atom is -0.508 e. The van der Waals surface area contributed by atoms with E-state index in [2.05, 4.69) is 42.1 Å². The van der Waals surface area contributed by atoms with Crippen molar-refractivity contribution >= 4 is 67.0 Å². The van der Waals surface area contributed by atoms with E-state index in [4.69, 9.17) is 4.42 Å². The number of nitrogens with zero attached hydrogens (tertiary/aromatic N) is 3. The van der Waals surface area contributed by atoms with E-state index in [1.165, 1.54) is 17.4 Å². The number of phenolic OH excluding ortho intramolecular Hbond substituents is 2. The number of hydrogen-bond acceptors (Lipinski definition) is 7. The molecule has 1 aromatic heterocycles. The Morgan fingerprint density at radius 1 is 1.12 bits per heavy atom. The Morgan fingerprint density at radius 3 is 2.62 bits per heavy atom. The highest BCUT2D eigenvalue weighted by Gasteiger charge is 2.34. The first-order valence-corrected chi connectivity index (χ1v) is 11.6. The molecular weight excluding hydrogens is 562 g/mol. The highest BCUT2D eigenvalue weighted by molar-refractivity contribution is 9.11. The van der Waals surface area contributed by atoms with Crippen molar-refractivity contribution in [1.29, 1.82) is 0 Å². The molecular formula is C22H15Br2N3O4S. The molecule has 3 aromatic rings. The molecule has 7 nitrogen and oxygen atoms in total. The van der Waals surface area contributed by atoms with Gasteiger partial charge in [-0.15, -0.1) is 5.10 Å². The van der Waals surface area contributed by atoms with Crippen molar-refractivity contribution in [2.75, 3.05) is 0 Å². The first kappa shape index (κ1) is 22.4. The fraction of sp³-hybridized carbons (Fsp3) is 0.0455. The lowest BCUT2D eigenvalue weighted by atomic mass is 10.2. The second-order valence-corrected chi connectivity index (χ2v) is 9.40. The highest BCUT2D eigenvalue weighted by Crippen LogP contribution is 2.38. The van der Waals surface area contributed by atoms with Crippen LogP contribution in [0, 0.1) is 0 Å². The maximum Gasteiger partial charge on any atom is 0.267 e. The van der Waals surface area contributed by atoms with Crippen LogP contribution in [0.25, 0.3) is 6.08 Å². The number of phenols is 2. The van der Waals surface area contributed by atoms with Gasteiger partial charge in [0, 0.05) is 10.0 Å². The quantitative estimate of drug-likeness (QED) is 0.230. The third kappa shape index (κ3) is 5.14. The molecule has 1 aliphatic rings. The highest BCUT2D eigenvalue weighted by atomic mass is 79.9. The molecule has 0 spiro atoms. The molecule has 0 unspecified atom stereocenters. The van der Waals surface area contributed by atoms with Crippen molar-refractivity contribution in [2.24, 2.45) is 10.2 Å². The van der Waals surface area contributed by atoms with Crippen molar-refractivity contribution in [3.05, 3.63) is 85.5 Å². The number of furan rings is 1. The van der Waals surface area contributed by atoms with Crippen molar-refractivity contribution in [2.45, 2.75) is 6.54 Å². The molecule has 2 heterocycles. The first-order valence-electron chi connectivity index (χ1n) is 9.22. The molecule has 1 fully saturated rings. The van der Waals surface area contributed by atoms with Crippen LogP contribution < -0.4 is 0 Å². The van der Waals surface area contributed by atoms with E-state index in [0.717, 1.165) is 21.8 Å². The SMILES string of the molecule is O=C1/C(=C/c2cc(Br)cc(Br)c2O)S/C(=N/N=C\c2ccc(O)cc2)N1Cc1ccco1. The summed E-state index contributed by atoms with van der Waals surface area (Å²) in [4.78, 5) is 15.0. The second kappa shape index (κ2) is 9.76. The number of halogens is 2. The Hall–Kier alpha value is -2.82. The lowest BCUT2D eigenvalue weighted by Crippen LogP contribution is -2.28. The summed E-state index contributed by atoms with van der Waals surface area (Å²) in [6, 6.07) is 13.5. The fourth-order valence-corrected chi connectivity index (χ4v) is 5.01. The third-order valence-corrected chi connectivity index (χ3v) is 6.43. The number of carbonyl (C=O) groups excluding carboxylic acids is 1. The zero-order valence-electron chi connectivity index (χ0n) is 16.3. The zero-order chi connectivity index (χ0) is 22.7. The van der Waals surface area contributed by atoms with Gasteiger partial charge in [0.1, 0.15) is 17.3 Å².